The summed E-state index contributed by atoms with van der Waals surface area (Å²) in [5, 5.41) is 0. The average Bonchev–Trinajstić information content (AvgIpc) is 2.71. The molecule has 0 aromatic carbocycles. The number of unbranched alkanes of at least 4 members (excludes halogenated alkanes) is 1. The molecule has 180 valence electrons. The third-order valence-electron chi connectivity index (χ3n) is 3.85. The van der Waals surface area contributed by atoms with E-state index < -0.39 is 0 Å². The highest BCUT2D eigenvalue weighted by Gasteiger charge is 2.09. The number of amides is 1. The maximum absolute atomic E-state index is 11.1. The maximum atomic E-state index is 11.1. The van der Waals surface area contributed by atoms with E-state index in [9.17, 15) is 14.4 Å². The standard InChI is InChI=1S/C12H22O2.C8H14O2.C5H9NO/c1-5-7-8-11(6-2)9-14-12(13)10(3)4;1-6(2)5-10-8(9)7(3)4;1-4-5(7)6(2)3/h11H,3,5-9H2,1-2,4H3;6H,3,5H2,1-2,4H3;4H,1H2,2-3H3. The molecule has 1 atom stereocenters. The zero-order chi connectivity index (χ0) is 25.0. The van der Waals surface area contributed by atoms with Crippen LogP contribution in [-0.2, 0) is 23.9 Å². The van der Waals surface area contributed by atoms with Gasteiger partial charge in [0, 0.05) is 25.2 Å². The number of esters is 2. The number of ether oxygens (including phenoxy) is 2. The zero-order valence-electron chi connectivity index (χ0n) is 21.1. The van der Waals surface area contributed by atoms with Crippen molar-refractivity contribution in [1.82, 2.24) is 4.90 Å². The van der Waals surface area contributed by atoms with E-state index in [1.165, 1.54) is 23.8 Å². The molecule has 6 heteroatoms. The fourth-order valence-corrected chi connectivity index (χ4v) is 1.76. The smallest absolute Gasteiger partial charge is 0.333 e. The molecule has 0 heterocycles. The molecule has 6 nitrogen and oxygen atoms in total. The molecule has 0 fully saturated rings. The minimum atomic E-state index is -0.297. The fraction of sp³-hybridized carbons (Fsp3) is 0.640. The Labute approximate surface area is 190 Å². The number of hydrogen-bond donors (Lipinski definition) is 0. The van der Waals surface area contributed by atoms with E-state index in [0.29, 0.717) is 36.2 Å². The first kappa shape index (κ1) is 33.3. The Hall–Kier alpha value is -2.37. The fourth-order valence-electron chi connectivity index (χ4n) is 1.76. The van der Waals surface area contributed by atoms with Crippen LogP contribution in [-0.4, -0.2) is 50.1 Å². The van der Waals surface area contributed by atoms with Gasteiger partial charge in [0.1, 0.15) is 0 Å². The highest BCUT2D eigenvalue weighted by atomic mass is 16.5. The summed E-state index contributed by atoms with van der Waals surface area (Å²) in [5.41, 5.74) is 0.941. The predicted molar refractivity (Wildman–Crippen MR) is 129 cm³/mol. The Kier molecular flexibility index (Phi) is 22.4. The van der Waals surface area contributed by atoms with Gasteiger partial charge < -0.3 is 14.4 Å². The first-order valence-electron chi connectivity index (χ1n) is 10.8. The van der Waals surface area contributed by atoms with Crippen LogP contribution >= 0.6 is 0 Å². The number of carbonyl (C=O) groups excluding carboxylic acids is 3. The Morgan fingerprint density at radius 2 is 1.39 bits per heavy atom. The van der Waals surface area contributed by atoms with Gasteiger partial charge in [-0.05, 0) is 38.2 Å². The summed E-state index contributed by atoms with van der Waals surface area (Å²) in [4.78, 5) is 33.6. The van der Waals surface area contributed by atoms with Gasteiger partial charge in [-0.25, -0.2) is 9.59 Å². The van der Waals surface area contributed by atoms with Crippen LogP contribution in [0.1, 0.15) is 67.2 Å². The molecule has 0 aliphatic carbocycles. The molecule has 0 saturated heterocycles. The van der Waals surface area contributed by atoms with Crippen molar-refractivity contribution in [2.75, 3.05) is 27.3 Å². The number of carbonyl (C=O) groups is 3. The lowest BCUT2D eigenvalue weighted by atomic mass is 10.0. The second-order valence-corrected chi connectivity index (χ2v) is 8.00. The molecule has 0 rings (SSSR count). The maximum Gasteiger partial charge on any atom is 0.333 e. The largest absolute Gasteiger partial charge is 0.462 e. The highest BCUT2D eigenvalue weighted by Crippen LogP contribution is 2.13. The Morgan fingerprint density at radius 3 is 1.65 bits per heavy atom. The first-order chi connectivity index (χ1) is 14.3. The molecule has 1 unspecified atom stereocenters. The average molecular weight is 440 g/mol. The summed E-state index contributed by atoms with van der Waals surface area (Å²) in [6, 6.07) is 0. The van der Waals surface area contributed by atoms with Gasteiger partial charge in [-0.3, -0.25) is 4.79 Å². The van der Waals surface area contributed by atoms with Crippen LogP contribution in [0.5, 0.6) is 0 Å². The number of rotatable bonds is 11. The summed E-state index contributed by atoms with van der Waals surface area (Å²) in [6.45, 7) is 22.9. The third kappa shape index (κ3) is 23.8. The number of nitrogens with zero attached hydrogens (tertiary/aromatic N) is 1. The summed E-state index contributed by atoms with van der Waals surface area (Å²) in [5.74, 6) is 0.287. The molecule has 0 saturated carbocycles. The monoisotopic (exact) mass is 439 g/mol. The van der Waals surface area contributed by atoms with E-state index in [1.807, 2.05) is 13.8 Å². The minimum Gasteiger partial charge on any atom is -0.462 e. The van der Waals surface area contributed by atoms with E-state index >= 15 is 0 Å². The lowest BCUT2D eigenvalue weighted by Crippen LogP contribution is -2.18. The molecule has 1 amide bonds. The first-order valence-corrected chi connectivity index (χ1v) is 10.8. The summed E-state index contributed by atoms with van der Waals surface area (Å²) in [6.07, 6.45) is 5.91. The van der Waals surface area contributed by atoms with Crippen molar-refractivity contribution in [2.45, 2.75) is 67.2 Å². The van der Waals surface area contributed by atoms with Crippen molar-refractivity contribution < 1.29 is 23.9 Å². The molecule has 0 aliphatic rings. The van der Waals surface area contributed by atoms with Crippen LogP contribution in [0.4, 0.5) is 0 Å². The van der Waals surface area contributed by atoms with Crippen LogP contribution in [0.2, 0.25) is 0 Å². The van der Waals surface area contributed by atoms with Crippen molar-refractivity contribution in [3.63, 3.8) is 0 Å². The minimum absolute atomic E-state index is 0.0556. The van der Waals surface area contributed by atoms with Gasteiger partial charge >= 0.3 is 11.9 Å². The second kappa shape index (κ2) is 20.9. The van der Waals surface area contributed by atoms with E-state index in [0.717, 1.165) is 12.8 Å². The molecule has 0 aliphatic heterocycles. The van der Waals surface area contributed by atoms with Crippen LogP contribution in [0.25, 0.3) is 0 Å². The normalized spacial score (nSPS) is 10.4. The SMILES string of the molecule is C=C(C)C(=O)OCC(C)C.C=C(C)C(=O)OCC(CC)CCCC.C=CC(=O)N(C)C. The topological polar surface area (TPSA) is 72.9 Å². The van der Waals surface area contributed by atoms with Crippen molar-refractivity contribution >= 4 is 17.8 Å². The van der Waals surface area contributed by atoms with Gasteiger partial charge in [0.25, 0.3) is 0 Å². The molecular weight excluding hydrogens is 394 g/mol. The van der Waals surface area contributed by atoms with Gasteiger partial charge in [0.2, 0.25) is 5.91 Å². The Morgan fingerprint density at radius 1 is 0.935 bits per heavy atom. The van der Waals surface area contributed by atoms with Crippen LogP contribution in [0, 0.1) is 11.8 Å². The molecule has 0 spiro atoms. The summed E-state index contributed by atoms with van der Waals surface area (Å²) in [7, 11) is 3.37. The second-order valence-electron chi connectivity index (χ2n) is 8.00. The van der Waals surface area contributed by atoms with E-state index in [2.05, 4.69) is 33.6 Å². The van der Waals surface area contributed by atoms with Gasteiger partial charge in [0.15, 0.2) is 0 Å². The van der Waals surface area contributed by atoms with Crippen molar-refractivity contribution in [3.8, 4) is 0 Å². The highest BCUT2D eigenvalue weighted by molar-refractivity contribution is 5.87. The number of likely N-dealkylation sites (N-methyl/N-ethyl adjacent to an activating group) is 1. The third-order valence-corrected chi connectivity index (χ3v) is 3.85. The molecule has 0 bridgehead atoms. The van der Waals surface area contributed by atoms with Crippen molar-refractivity contribution in [2.24, 2.45) is 11.8 Å². The molecular formula is C25H45NO5. The van der Waals surface area contributed by atoms with Crippen LogP contribution in [0.15, 0.2) is 37.0 Å². The van der Waals surface area contributed by atoms with Crippen LogP contribution in [0.3, 0.4) is 0 Å². The Balaban J connectivity index is -0.000000404. The quantitative estimate of drug-likeness (QED) is 0.321. The molecule has 0 aromatic rings. The summed E-state index contributed by atoms with van der Waals surface area (Å²) >= 11 is 0. The number of hydrogen-bond acceptors (Lipinski definition) is 5. The zero-order valence-corrected chi connectivity index (χ0v) is 21.1. The van der Waals surface area contributed by atoms with Gasteiger partial charge in [-0.2, -0.15) is 0 Å². The lowest BCUT2D eigenvalue weighted by Gasteiger charge is -2.14. The Bertz CT molecular complexity index is 564. The molecule has 0 radical (unpaired) electrons. The van der Waals surface area contributed by atoms with E-state index in [4.69, 9.17) is 9.47 Å². The van der Waals surface area contributed by atoms with Crippen LogP contribution < -0.4 is 0 Å². The van der Waals surface area contributed by atoms with Gasteiger partial charge in [-0.15, -0.1) is 0 Å². The van der Waals surface area contributed by atoms with Gasteiger partial charge in [-0.1, -0.05) is 66.7 Å². The van der Waals surface area contributed by atoms with E-state index in [1.54, 1.807) is 27.9 Å². The molecule has 0 N–H and O–H groups in total. The van der Waals surface area contributed by atoms with Gasteiger partial charge in [0.05, 0.1) is 13.2 Å². The lowest BCUT2D eigenvalue weighted by molar-refractivity contribution is -0.141. The summed E-state index contributed by atoms with van der Waals surface area (Å²) < 4.78 is 9.94. The molecule has 0 aromatic heterocycles. The van der Waals surface area contributed by atoms with Crippen molar-refractivity contribution in [1.29, 1.82) is 0 Å². The molecule has 31 heavy (non-hydrogen) atoms. The van der Waals surface area contributed by atoms with Crippen molar-refractivity contribution in [3.05, 3.63) is 37.0 Å². The van der Waals surface area contributed by atoms with E-state index in [-0.39, 0.29) is 17.8 Å². The predicted octanol–water partition coefficient (Wildman–Crippen LogP) is 5.34.